The summed E-state index contributed by atoms with van der Waals surface area (Å²) in [6, 6.07) is 21.1. The minimum atomic E-state index is 0.132. The van der Waals surface area contributed by atoms with Gasteiger partial charge in [0.1, 0.15) is 11.6 Å². The number of hydrogen-bond acceptors (Lipinski definition) is 8. The molecule has 4 N–H and O–H groups in total. The highest BCUT2D eigenvalue weighted by Crippen LogP contribution is 2.44. The van der Waals surface area contributed by atoms with Crippen LogP contribution in [0.25, 0.3) is 33.6 Å². The van der Waals surface area contributed by atoms with Crippen molar-refractivity contribution in [3.63, 3.8) is 0 Å². The number of amides is 2. The summed E-state index contributed by atoms with van der Waals surface area (Å²) in [7, 11) is 4.15. The van der Waals surface area contributed by atoms with Crippen molar-refractivity contribution >= 4 is 46.7 Å². The van der Waals surface area contributed by atoms with Crippen LogP contribution >= 0.6 is 23.2 Å². The molecule has 2 saturated heterocycles. The van der Waals surface area contributed by atoms with E-state index in [-0.39, 0.29) is 36.0 Å². The monoisotopic (exact) mass is 738 g/mol. The first-order chi connectivity index (χ1) is 25.2. The molecule has 4 aliphatic heterocycles. The lowest BCUT2D eigenvalue weighted by molar-refractivity contribution is -0.120. The number of aromatic nitrogens is 2. The zero-order valence-electron chi connectivity index (χ0n) is 29.5. The van der Waals surface area contributed by atoms with Gasteiger partial charge in [-0.3, -0.25) is 9.59 Å². The van der Waals surface area contributed by atoms with E-state index >= 15 is 0 Å². The number of carbonyl (C=O) groups excluding carboxylic acids is 2. The van der Waals surface area contributed by atoms with Crippen molar-refractivity contribution in [3.8, 4) is 33.6 Å². The second kappa shape index (κ2) is 14.7. The van der Waals surface area contributed by atoms with Gasteiger partial charge in [0.25, 0.3) is 0 Å². The fourth-order valence-corrected chi connectivity index (χ4v) is 8.72. The molecule has 2 fully saturated rings. The molecule has 52 heavy (non-hydrogen) atoms. The Labute approximate surface area is 314 Å². The van der Waals surface area contributed by atoms with E-state index in [1.807, 2.05) is 48.5 Å². The van der Waals surface area contributed by atoms with Gasteiger partial charge in [-0.05, 0) is 37.8 Å². The summed E-state index contributed by atoms with van der Waals surface area (Å²) in [5.74, 6) is 2.13. The standard InChI is InChI=1S/C40H44Cl2N8O2/c1-49-19-17-31(43-21-23-9-15-35(51)45-23)29-11-13-33(47-39(29)49)27-7-3-5-25(37(27)41)26-6-4-8-28(38(26)42)34-14-12-30-32(18-20-50(2)40(30)48-34)44-22-24-10-16-36(52)46-24/h3-8,11-14,23-24,31-32,43-44H,9-10,15-22H2,1-2H3,(H,45,51)(H,46,52)/t23-,24-,31-,32-/m1/s1. The van der Waals surface area contributed by atoms with Crippen LogP contribution in [-0.4, -0.2) is 74.1 Å². The number of halogens is 2. The average Bonchev–Trinajstić information content (AvgIpc) is 3.78. The van der Waals surface area contributed by atoms with Gasteiger partial charge in [0, 0.05) is 111 Å². The molecule has 0 spiro atoms. The van der Waals surface area contributed by atoms with E-state index in [4.69, 9.17) is 33.2 Å². The Balaban J connectivity index is 1.05. The molecular weight excluding hydrogens is 695 g/mol. The van der Waals surface area contributed by atoms with Crippen LogP contribution in [-0.2, 0) is 9.59 Å². The molecule has 0 bridgehead atoms. The zero-order chi connectivity index (χ0) is 35.9. The highest BCUT2D eigenvalue weighted by molar-refractivity contribution is 6.39. The van der Waals surface area contributed by atoms with Gasteiger partial charge in [0.2, 0.25) is 11.8 Å². The summed E-state index contributed by atoms with van der Waals surface area (Å²) in [5.41, 5.74) is 7.23. The number of nitrogens with zero attached hydrogens (tertiary/aromatic N) is 4. The molecule has 0 aliphatic carbocycles. The first kappa shape index (κ1) is 34.8. The second-order valence-corrected chi connectivity index (χ2v) is 15.3. The van der Waals surface area contributed by atoms with Gasteiger partial charge < -0.3 is 31.1 Å². The normalized spacial score (nSPS) is 22.6. The van der Waals surface area contributed by atoms with Crippen molar-refractivity contribution in [2.45, 2.75) is 62.7 Å². The SMILES string of the molecule is CN1CC[C@@H](NC[C@H]2CCC(=O)N2)c2ccc(-c3cccc(-c4cccc(-c5ccc6c(n5)N(C)CC[C@H]6NC[C@H]5CCC(=O)N5)c4Cl)c3Cl)nc21. The van der Waals surface area contributed by atoms with E-state index in [0.29, 0.717) is 22.9 Å². The third-order valence-corrected chi connectivity index (χ3v) is 11.8. The molecule has 4 atom stereocenters. The van der Waals surface area contributed by atoms with Crippen molar-refractivity contribution in [2.75, 3.05) is 50.1 Å². The molecule has 12 heteroatoms. The molecule has 8 rings (SSSR count). The Kier molecular flexibility index (Phi) is 9.82. The number of carbonyl (C=O) groups is 2. The summed E-state index contributed by atoms with van der Waals surface area (Å²) in [4.78, 5) is 38.1. The molecule has 10 nitrogen and oxygen atoms in total. The molecule has 2 amide bonds. The first-order valence-corrected chi connectivity index (χ1v) is 19.1. The van der Waals surface area contributed by atoms with Crippen molar-refractivity contribution in [3.05, 3.63) is 81.8 Å². The van der Waals surface area contributed by atoms with Crippen molar-refractivity contribution in [1.29, 1.82) is 0 Å². The number of fused-ring (bicyclic) bond motifs is 2. The van der Waals surface area contributed by atoms with Crippen molar-refractivity contribution in [2.24, 2.45) is 0 Å². The minimum Gasteiger partial charge on any atom is -0.359 e. The van der Waals surface area contributed by atoms with Gasteiger partial charge in [0.05, 0.1) is 21.4 Å². The predicted octanol–water partition coefficient (Wildman–Crippen LogP) is 6.28. The third kappa shape index (κ3) is 6.85. The molecule has 4 aromatic rings. The van der Waals surface area contributed by atoms with E-state index in [1.54, 1.807) is 0 Å². The maximum Gasteiger partial charge on any atom is 0.220 e. The van der Waals surface area contributed by atoms with Crippen molar-refractivity contribution in [1.82, 2.24) is 31.2 Å². The maximum atomic E-state index is 11.7. The molecule has 0 unspecified atom stereocenters. The van der Waals surface area contributed by atoms with Gasteiger partial charge >= 0.3 is 0 Å². The second-order valence-electron chi connectivity index (χ2n) is 14.5. The van der Waals surface area contributed by atoms with Gasteiger partial charge in [-0.1, -0.05) is 71.7 Å². The lowest BCUT2D eigenvalue weighted by Crippen LogP contribution is -2.40. The van der Waals surface area contributed by atoms with Crippen molar-refractivity contribution < 1.29 is 9.59 Å². The molecule has 2 aromatic carbocycles. The lowest BCUT2D eigenvalue weighted by Gasteiger charge is -2.33. The van der Waals surface area contributed by atoms with Gasteiger partial charge in [-0.25, -0.2) is 9.97 Å². The summed E-state index contributed by atoms with van der Waals surface area (Å²) >= 11 is 14.5. The topological polar surface area (TPSA) is 115 Å². The van der Waals surface area contributed by atoms with Gasteiger partial charge in [-0.2, -0.15) is 0 Å². The molecule has 0 saturated carbocycles. The Morgan fingerprint density at radius 2 is 1.06 bits per heavy atom. The van der Waals surface area contributed by atoms with Gasteiger partial charge in [0.15, 0.2) is 0 Å². The molecule has 4 aliphatic rings. The Hall–Kier alpha value is -4.22. The third-order valence-electron chi connectivity index (χ3n) is 11.0. The molecule has 270 valence electrons. The van der Waals surface area contributed by atoms with E-state index in [2.05, 4.69) is 57.3 Å². The van der Waals surface area contributed by atoms with E-state index in [1.165, 1.54) is 0 Å². The van der Waals surface area contributed by atoms with E-state index < -0.39 is 0 Å². The molecule has 6 heterocycles. The zero-order valence-corrected chi connectivity index (χ0v) is 31.0. The predicted molar refractivity (Wildman–Crippen MR) is 208 cm³/mol. The van der Waals surface area contributed by atoms with Gasteiger partial charge in [-0.15, -0.1) is 0 Å². The van der Waals surface area contributed by atoms with Crippen LogP contribution in [0, 0.1) is 0 Å². The summed E-state index contributed by atoms with van der Waals surface area (Å²) in [6.07, 6.45) is 4.86. The fraction of sp³-hybridized carbons (Fsp3) is 0.400. The first-order valence-electron chi connectivity index (χ1n) is 18.3. The number of anilines is 2. The molecule has 2 aromatic heterocycles. The molecular formula is C40H44Cl2N8O2. The Bertz CT molecular complexity index is 1880. The number of rotatable bonds is 9. The van der Waals surface area contributed by atoms with E-state index in [9.17, 15) is 9.59 Å². The van der Waals surface area contributed by atoms with Crippen LogP contribution in [0.5, 0.6) is 0 Å². The quantitative estimate of drug-likeness (QED) is 0.159. The van der Waals surface area contributed by atoms with Crippen LogP contribution in [0.3, 0.4) is 0 Å². The summed E-state index contributed by atoms with van der Waals surface area (Å²) in [5, 5.41) is 14.7. The number of hydrogen-bond donors (Lipinski definition) is 4. The maximum absolute atomic E-state index is 11.7. The number of nitrogens with one attached hydrogen (secondary N) is 4. The summed E-state index contributed by atoms with van der Waals surface area (Å²) in [6.45, 7) is 3.23. The largest absolute Gasteiger partial charge is 0.359 e. The van der Waals surface area contributed by atoms with Crippen LogP contribution in [0.15, 0.2) is 60.7 Å². The van der Waals surface area contributed by atoms with Crippen LogP contribution in [0.4, 0.5) is 11.6 Å². The highest BCUT2D eigenvalue weighted by atomic mass is 35.5. The minimum absolute atomic E-state index is 0.132. The number of pyridine rings is 2. The smallest absolute Gasteiger partial charge is 0.220 e. The van der Waals surface area contributed by atoms with Crippen LogP contribution in [0.1, 0.15) is 61.7 Å². The van der Waals surface area contributed by atoms with E-state index in [0.717, 1.165) is 108 Å². The fourth-order valence-electron chi connectivity index (χ4n) is 8.07. The average molecular weight is 740 g/mol. The van der Waals surface area contributed by atoms with Crippen LogP contribution < -0.4 is 31.1 Å². The number of benzene rings is 2. The Morgan fingerprint density at radius 3 is 1.46 bits per heavy atom. The Morgan fingerprint density at radius 1 is 0.635 bits per heavy atom. The molecule has 0 radical (unpaired) electrons. The summed E-state index contributed by atoms with van der Waals surface area (Å²) < 4.78 is 0. The highest BCUT2D eigenvalue weighted by Gasteiger charge is 2.30. The lowest BCUT2D eigenvalue weighted by atomic mass is 9.95. The van der Waals surface area contributed by atoms with Crippen LogP contribution in [0.2, 0.25) is 10.0 Å².